The fourth-order valence-electron chi connectivity index (χ4n) is 7.40. The van der Waals surface area contributed by atoms with Gasteiger partial charge in [-0.25, -0.2) is 0 Å². The number of rotatable bonds is 7. The average molecular weight is 703 g/mol. The van der Waals surface area contributed by atoms with E-state index < -0.39 is 14.3 Å². The van der Waals surface area contributed by atoms with Crippen molar-refractivity contribution in [3.05, 3.63) is 193 Å². The van der Waals surface area contributed by atoms with Crippen molar-refractivity contribution in [1.29, 1.82) is 0 Å². The molecule has 0 aliphatic rings. The van der Waals surface area contributed by atoms with Gasteiger partial charge >= 0.3 is 0 Å². The lowest BCUT2D eigenvalue weighted by atomic mass is 9.91. The molecule has 0 bridgehead atoms. The summed E-state index contributed by atoms with van der Waals surface area (Å²) in [5.74, 6) is 5.74. The molecule has 0 unspecified atom stereocenters. The van der Waals surface area contributed by atoms with Gasteiger partial charge in [-0.1, -0.05) is 170 Å². The fraction of sp³-hybridized carbons (Fsp3) is 0. The first-order valence-corrected chi connectivity index (χ1v) is 20.4. The van der Waals surface area contributed by atoms with Gasteiger partial charge in [0.1, 0.15) is 0 Å². The Morgan fingerprint density at radius 2 is 0.635 bits per heavy atom. The summed E-state index contributed by atoms with van der Waals surface area (Å²) < 4.78 is 32.9. The predicted molar refractivity (Wildman–Crippen MR) is 222 cm³/mol. The quantitative estimate of drug-likeness (QED) is 0.123. The topological polar surface area (TPSA) is 34.1 Å². The van der Waals surface area contributed by atoms with E-state index in [0.29, 0.717) is 54.1 Å². The molecule has 0 aliphatic heterocycles. The predicted octanol–water partition coefficient (Wildman–Crippen LogP) is 8.90. The van der Waals surface area contributed by atoms with Gasteiger partial charge in [-0.15, -0.1) is 12.8 Å². The zero-order chi connectivity index (χ0) is 35.7. The van der Waals surface area contributed by atoms with Crippen LogP contribution in [0.25, 0.3) is 32.7 Å². The highest BCUT2D eigenvalue weighted by Crippen LogP contribution is 2.52. The third-order valence-electron chi connectivity index (χ3n) is 9.80. The molecule has 0 atom stereocenters. The van der Waals surface area contributed by atoms with Gasteiger partial charge in [-0.3, -0.25) is 0 Å². The summed E-state index contributed by atoms with van der Waals surface area (Å²) >= 11 is 0. The molecule has 0 heterocycles. The summed E-state index contributed by atoms with van der Waals surface area (Å²) in [6.07, 6.45) is 12.2. The summed E-state index contributed by atoms with van der Waals surface area (Å²) in [5, 5.41) is 7.30. The van der Waals surface area contributed by atoms with Gasteiger partial charge in [-0.2, -0.15) is 0 Å². The van der Waals surface area contributed by atoms with E-state index in [0.717, 1.165) is 21.5 Å². The highest BCUT2D eigenvalue weighted by Gasteiger charge is 2.38. The van der Waals surface area contributed by atoms with Crippen molar-refractivity contribution >= 4 is 67.7 Å². The molecule has 0 saturated carbocycles. The Hall–Kier alpha value is -6.14. The molecular weight excluding hydrogens is 670 g/mol. The van der Waals surface area contributed by atoms with E-state index >= 15 is 9.13 Å². The van der Waals surface area contributed by atoms with Crippen LogP contribution in [0.3, 0.4) is 0 Å². The van der Waals surface area contributed by atoms with Gasteiger partial charge in [0, 0.05) is 54.1 Å². The SMILES string of the molecule is C#Cc1cccc2c(-c3c(P(=O)(c4ccccc4)c4ccccc4)ccc4c(C#C)cccc34)c(P(=O)(c3ccccc3)c3ccccc3)ccc12. The Balaban J connectivity index is 1.64. The van der Waals surface area contributed by atoms with Crippen LogP contribution in [0.2, 0.25) is 0 Å². The molecule has 8 aromatic rings. The highest BCUT2D eigenvalue weighted by molar-refractivity contribution is 7.86. The molecule has 52 heavy (non-hydrogen) atoms. The minimum absolute atomic E-state index is 0.624. The van der Waals surface area contributed by atoms with Crippen molar-refractivity contribution < 1.29 is 9.13 Å². The van der Waals surface area contributed by atoms with Crippen LogP contribution in [0.5, 0.6) is 0 Å². The van der Waals surface area contributed by atoms with E-state index in [2.05, 4.69) is 11.8 Å². The van der Waals surface area contributed by atoms with E-state index in [4.69, 9.17) is 12.8 Å². The summed E-state index contributed by atoms with van der Waals surface area (Å²) in [5.41, 5.74) is 2.85. The molecule has 246 valence electrons. The summed E-state index contributed by atoms with van der Waals surface area (Å²) in [6.45, 7) is 0. The minimum atomic E-state index is -3.60. The first-order chi connectivity index (χ1) is 25.5. The Bertz CT molecular complexity index is 2510. The Morgan fingerprint density at radius 1 is 0.327 bits per heavy atom. The van der Waals surface area contributed by atoms with Crippen LogP contribution >= 0.6 is 14.3 Å². The van der Waals surface area contributed by atoms with Crippen LogP contribution in [0.15, 0.2) is 182 Å². The summed E-state index contributed by atoms with van der Waals surface area (Å²) in [6, 6.07) is 58.2. The maximum absolute atomic E-state index is 16.4. The third-order valence-corrected chi connectivity index (χ3v) is 16.0. The highest BCUT2D eigenvalue weighted by atomic mass is 31.2. The number of fused-ring (bicyclic) bond motifs is 2. The van der Waals surface area contributed by atoms with Crippen LogP contribution in [0.4, 0.5) is 0 Å². The van der Waals surface area contributed by atoms with Gasteiger partial charge in [-0.05, 0) is 45.8 Å². The third kappa shape index (κ3) is 5.25. The standard InChI is InChI=1S/C48H32O2P2/c1-3-35-19-17-29-43-41(35)31-33-45(51(49,37-21-9-5-10-22-37)38-23-11-6-12-24-38)47(43)48-44-30-18-20-36(4-2)42(44)32-34-46(48)52(50,39-25-13-7-14-26-39)40-27-15-8-16-28-40/h1-2,5-34H. The fourth-order valence-corrected chi connectivity index (χ4v) is 13.1. The van der Waals surface area contributed by atoms with Gasteiger partial charge in [0.2, 0.25) is 0 Å². The lowest BCUT2D eigenvalue weighted by Crippen LogP contribution is -2.30. The lowest BCUT2D eigenvalue weighted by molar-refractivity contribution is 0.591. The van der Waals surface area contributed by atoms with Crippen LogP contribution < -0.4 is 31.8 Å². The zero-order valence-corrected chi connectivity index (χ0v) is 30.0. The minimum Gasteiger partial charge on any atom is -0.309 e. The molecule has 2 nitrogen and oxygen atoms in total. The second-order valence-corrected chi connectivity index (χ2v) is 18.0. The van der Waals surface area contributed by atoms with Crippen LogP contribution in [0.1, 0.15) is 11.1 Å². The van der Waals surface area contributed by atoms with E-state index in [1.54, 1.807) is 0 Å². The van der Waals surface area contributed by atoms with Gasteiger partial charge in [0.25, 0.3) is 0 Å². The molecule has 4 heteroatoms. The molecule has 0 aromatic heterocycles. The molecule has 0 spiro atoms. The second kappa shape index (κ2) is 13.5. The first-order valence-electron chi connectivity index (χ1n) is 17.0. The van der Waals surface area contributed by atoms with E-state index in [1.807, 2.05) is 182 Å². The van der Waals surface area contributed by atoms with E-state index in [-0.39, 0.29) is 0 Å². The maximum Gasteiger partial charge on any atom is 0.171 e. The number of hydrogen-bond acceptors (Lipinski definition) is 2. The summed E-state index contributed by atoms with van der Waals surface area (Å²) in [4.78, 5) is 0. The normalized spacial score (nSPS) is 11.6. The van der Waals surface area contributed by atoms with Crippen molar-refractivity contribution in [2.75, 3.05) is 0 Å². The molecule has 0 saturated heterocycles. The molecule has 0 aliphatic carbocycles. The average Bonchev–Trinajstić information content (AvgIpc) is 3.23. The molecule has 8 aromatic carbocycles. The largest absolute Gasteiger partial charge is 0.309 e. The Labute approximate surface area is 304 Å². The Kier molecular flexibility index (Phi) is 8.59. The lowest BCUT2D eigenvalue weighted by Gasteiger charge is -2.28. The van der Waals surface area contributed by atoms with Gasteiger partial charge < -0.3 is 9.13 Å². The molecule has 0 fully saturated rings. The van der Waals surface area contributed by atoms with Crippen molar-refractivity contribution in [3.63, 3.8) is 0 Å². The molecule has 0 amide bonds. The monoisotopic (exact) mass is 702 g/mol. The number of terminal acetylenes is 2. The maximum atomic E-state index is 16.4. The molecular formula is C48H32O2P2. The first kappa shape index (κ1) is 33.0. The van der Waals surface area contributed by atoms with Crippen molar-refractivity contribution in [1.82, 2.24) is 0 Å². The number of benzene rings is 8. The van der Waals surface area contributed by atoms with Crippen molar-refractivity contribution in [3.8, 4) is 35.8 Å². The van der Waals surface area contributed by atoms with Crippen molar-refractivity contribution in [2.24, 2.45) is 0 Å². The number of hydrogen-bond donors (Lipinski definition) is 0. The molecule has 0 N–H and O–H groups in total. The van der Waals surface area contributed by atoms with Crippen molar-refractivity contribution in [2.45, 2.75) is 0 Å². The van der Waals surface area contributed by atoms with Crippen LogP contribution in [-0.4, -0.2) is 0 Å². The van der Waals surface area contributed by atoms with Gasteiger partial charge in [0.15, 0.2) is 14.3 Å². The van der Waals surface area contributed by atoms with Crippen LogP contribution in [0, 0.1) is 24.7 Å². The molecule has 8 rings (SSSR count). The smallest absolute Gasteiger partial charge is 0.171 e. The van der Waals surface area contributed by atoms with Crippen LogP contribution in [-0.2, 0) is 9.13 Å². The second-order valence-electron chi connectivity index (χ2n) is 12.6. The summed E-state index contributed by atoms with van der Waals surface area (Å²) in [7, 11) is -7.20. The molecule has 0 radical (unpaired) electrons. The zero-order valence-electron chi connectivity index (χ0n) is 28.2. The van der Waals surface area contributed by atoms with Gasteiger partial charge in [0.05, 0.1) is 0 Å². The van der Waals surface area contributed by atoms with E-state index in [1.165, 1.54) is 0 Å². The van der Waals surface area contributed by atoms with E-state index in [9.17, 15) is 0 Å². The Morgan fingerprint density at radius 3 is 0.923 bits per heavy atom.